The molecule has 0 saturated heterocycles. The van der Waals surface area contributed by atoms with E-state index in [9.17, 15) is 40.6 Å². The minimum Gasteiger partial charge on any atom is -0.744 e. The van der Waals surface area contributed by atoms with Crippen LogP contribution in [0.1, 0.15) is 63.5 Å². The zero-order chi connectivity index (χ0) is 27.8. The smallest absolute Gasteiger partial charge is 0.744 e. The topological polar surface area (TPSA) is 189 Å². The van der Waals surface area contributed by atoms with Crippen LogP contribution in [-0.4, -0.2) is 48.1 Å². The molecule has 0 aliphatic carbocycles. The fraction of sp³-hybridized carbons (Fsp3) is 0.417. The number of hydrogen-bond acceptors (Lipinski definition) is 8. The van der Waals surface area contributed by atoms with Crippen LogP contribution < -0.4 is 59.1 Å². The van der Waals surface area contributed by atoms with Gasteiger partial charge < -0.3 is 19.3 Å². The number of carboxylic acid groups (broad SMARTS) is 2. The maximum atomic E-state index is 11.4. The molecule has 4 atom stereocenters. The quantitative estimate of drug-likeness (QED) is 0.224. The SMILES string of the molecule is CCC(C)c1ccc(S(=O)(=O)[O-])cc1.CCC(c1ccc(S(=O)(=O)[O-])cc1)C(C(=O)O)C(C)C(=O)O.[Na+].[Na+]. The summed E-state index contributed by atoms with van der Waals surface area (Å²) in [6, 6.07) is 11.0. The average Bonchev–Trinajstić information content (AvgIpc) is 2.80. The van der Waals surface area contributed by atoms with Gasteiger partial charge in [-0.25, -0.2) is 16.8 Å². The van der Waals surface area contributed by atoms with Crippen molar-refractivity contribution in [2.24, 2.45) is 11.8 Å². The van der Waals surface area contributed by atoms with Gasteiger partial charge in [0.1, 0.15) is 20.2 Å². The molecule has 0 amide bonds. The van der Waals surface area contributed by atoms with Gasteiger partial charge in [0.15, 0.2) is 0 Å². The van der Waals surface area contributed by atoms with Crippen molar-refractivity contribution in [1.82, 2.24) is 0 Å². The number of carboxylic acids is 2. The maximum Gasteiger partial charge on any atom is 1.00 e. The fourth-order valence-electron chi connectivity index (χ4n) is 3.67. The van der Waals surface area contributed by atoms with Crippen molar-refractivity contribution in [3.8, 4) is 0 Å². The third-order valence-corrected chi connectivity index (χ3v) is 7.73. The second-order valence-electron chi connectivity index (χ2n) is 8.36. The largest absolute Gasteiger partial charge is 1.00 e. The second kappa shape index (κ2) is 17.1. The summed E-state index contributed by atoms with van der Waals surface area (Å²) < 4.78 is 64.6. The number of rotatable bonds is 10. The number of benzene rings is 2. The Morgan fingerprint density at radius 1 is 0.711 bits per heavy atom. The van der Waals surface area contributed by atoms with Crippen LogP contribution in [0.25, 0.3) is 0 Å². The second-order valence-corrected chi connectivity index (χ2v) is 11.1. The molecule has 0 saturated carbocycles. The Hall–Kier alpha value is -0.800. The van der Waals surface area contributed by atoms with Crippen molar-refractivity contribution < 1.29 is 105 Å². The Labute approximate surface area is 268 Å². The van der Waals surface area contributed by atoms with Gasteiger partial charge >= 0.3 is 71.1 Å². The van der Waals surface area contributed by atoms with E-state index >= 15 is 0 Å². The van der Waals surface area contributed by atoms with Crippen LogP contribution in [0.5, 0.6) is 0 Å². The Morgan fingerprint density at radius 3 is 1.34 bits per heavy atom. The maximum absolute atomic E-state index is 11.4. The molecule has 2 aromatic rings. The molecule has 0 fully saturated rings. The molecule has 2 aromatic carbocycles. The van der Waals surface area contributed by atoms with Crippen LogP contribution >= 0.6 is 0 Å². The third kappa shape index (κ3) is 11.7. The van der Waals surface area contributed by atoms with E-state index in [0.29, 0.717) is 17.9 Å². The summed E-state index contributed by atoms with van der Waals surface area (Å²) in [7, 11) is -8.88. The molecule has 0 bridgehead atoms. The van der Waals surface area contributed by atoms with E-state index < -0.39 is 54.8 Å². The summed E-state index contributed by atoms with van der Waals surface area (Å²) in [4.78, 5) is 22.0. The van der Waals surface area contributed by atoms with Gasteiger partial charge in [0.05, 0.1) is 21.6 Å². The van der Waals surface area contributed by atoms with Crippen LogP contribution in [0.4, 0.5) is 0 Å². The molecule has 0 aliphatic rings. The van der Waals surface area contributed by atoms with Gasteiger partial charge in [0, 0.05) is 0 Å². The molecular weight excluding hydrogens is 558 g/mol. The molecule has 0 aromatic heterocycles. The van der Waals surface area contributed by atoms with Crippen LogP contribution in [0.2, 0.25) is 0 Å². The van der Waals surface area contributed by atoms with E-state index in [1.54, 1.807) is 19.1 Å². The summed E-state index contributed by atoms with van der Waals surface area (Å²) in [5.41, 5.74) is 1.54. The molecule has 2 N–H and O–H groups in total. The van der Waals surface area contributed by atoms with Crippen LogP contribution in [0, 0.1) is 11.8 Å². The standard InChI is InChI=1S/C14H18O7S.C10H14O3S.2Na/c1-3-11(12(14(17)18)8(2)13(15)16)9-4-6-10(7-5-9)22(19,20)21;1-3-8(2)9-4-6-10(7-5-9)14(11,12)13;;/h4-8,11-12H,3H2,1-2H3,(H,15,16)(H,17,18)(H,19,20,21);4-8H,3H2,1-2H3,(H,11,12,13);;/q;;2*+1/p-2. The molecule has 0 radical (unpaired) electrons. The molecule has 0 heterocycles. The third-order valence-electron chi connectivity index (χ3n) is 6.03. The van der Waals surface area contributed by atoms with Gasteiger partial charge in [-0.05, 0) is 60.1 Å². The Kier molecular flexibility index (Phi) is 17.7. The summed E-state index contributed by atoms with van der Waals surface area (Å²) >= 11 is 0. The van der Waals surface area contributed by atoms with Crippen molar-refractivity contribution >= 4 is 32.2 Å². The van der Waals surface area contributed by atoms with Crippen molar-refractivity contribution in [2.45, 2.75) is 62.2 Å². The Morgan fingerprint density at radius 2 is 1.08 bits per heavy atom. The predicted octanol–water partition coefficient (Wildman–Crippen LogP) is -2.38. The molecule has 0 spiro atoms. The van der Waals surface area contributed by atoms with E-state index in [2.05, 4.69) is 13.8 Å². The summed E-state index contributed by atoms with van der Waals surface area (Å²) in [5, 5.41) is 18.4. The Bertz CT molecular complexity index is 1250. The molecule has 38 heavy (non-hydrogen) atoms. The summed E-state index contributed by atoms with van der Waals surface area (Å²) in [5.74, 6) is -4.93. The first-order valence-corrected chi connectivity index (χ1v) is 13.9. The Balaban J connectivity index is 0. The number of carbonyl (C=O) groups is 2. The molecule has 10 nitrogen and oxygen atoms in total. The summed E-state index contributed by atoms with van der Waals surface area (Å²) in [6.07, 6.45) is 1.35. The summed E-state index contributed by atoms with van der Waals surface area (Å²) in [6.45, 7) is 7.15. The van der Waals surface area contributed by atoms with Crippen molar-refractivity contribution in [3.63, 3.8) is 0 Å². The number of aliphatic carboxylic acids is 2. The van der Waals surface area contributed by atoms with E-state index in [1.807, 2.05) is 0 Å². The van der Waals surface area contributed by atoms with E-state index in [4.69, 9.17) is 5.11 Å². The minimum atomic E-state index is -4.58. The zero-order valence-electron chi connectivity index (χ0n) is 22.3. The van der Waals surface area contributed by atoms with E-state index in [1.165, 1.54) is 31.2 Å². The molecular formula is C24H30Na2O10S2. The first-order chi connectivity index (χ1) is 16.5. The molecule has 0 aliphatic heterocycles. The van der Waals surface area contributed by atoms with Crippen molar-refractivity contribution in [3.05, 3.63) is 59.7 Å². The van der Waals surface area contributed by atoms with Gasteiger partial charge in [-0.15, -0.1) is 0 Å². The normalized spacial score (nSPS) is 14.3. The minimum absolute atomic E-state index is 0. The van der Waals surface area contributed by atoms with E-state index in [-0.39, 0.29) is 64.0 Å². The zero-order valence-corrected chi connectivity index (χ0v) is 28.0. The van der Waals surface area contributed by atoms with E-state index in [0.717, 1.165) is 24.1 Å². The first kappa shape index (κ1) is 39.3. The van der Waals surface area contributed by atoms with Gasteiger partial charge in [-0.1, -0.05) is 52.0 Å². The predicted molar refractivity (Wildman–Crippen MR) is 128 cm³/mol. The van der Waals surface area contributed by atoms with Crippen LogP contribution in [0.3, 0.4) is 0 Å². The molecule has 4 unspecified atom stereocenters. The van der Waals surface area contributed by atoms with Crippen molar-refractivity contribution in [2.75, 3.05) is 0 Å². The van der Waals surface area contributed by atoms with Gasteiger partial charge in [0.2, 0.25) is 0 Å². The monoisotopic (exact) mass is 588 g/mol. The molecule has 2 rings (SSSR count). The van der Waals surface area contributed by atoms with Gasteiger partial charge in [-0.2, -0.15) is 0 Å². The first-order valence-electron chi connectivity index (χ1n) is 11.1. The molecule has 200 valence electrons. The van der Waals surface area contributed by atoms with Crippen LogP contribution in [-0.2, 0) is 29.8 Å². The number of hydrogen-bond donors (Lipinski definition) is 2. The van der Waals surface area contributed by atoms with Crippen molar-refractivity contribution in [1.29, 1.82) is 0 Å². The van der Waals surface area contributed by atoms with Crippen LogP contribution in [0.15, 0.2) is 58.3 Å². The van der Waals surface area contributed by atoms with Gasteiger partial charge in [-0.3, -0.25) is 9.59 Å². The average molecular weight is 589 g/mol. The fourth-order valence-corrected chi connectivity index (χ4v) is 4.60. The molecule has 14 heteroatoms. The van der Waals surface area contributed by atoms with Gasteiger partial charge in [0.25, 0.3) is 0 Å².